The lowest BCUT2D eigenvalue weighted by molar-refractivity contribution is 0.0472. The molecule has 0 aromatic heterocycles. The lowest BCUT2D eigenvalue weighted by Gasteiger charge is -2.10. The zero-order chi connectivity index (χ0) is 32.2. The molecular weight excluding hydrogens is 572 g/mol. The molecule has 0 aliphatic heterocycles. The van der Waals surface area contributed by atoms with Gasteiger partial charge >= 0.3 is 11.9 Å². The van der Waals surface area contributed by atoms with Crippen LogP contribution in [0.15, 0.2) is 91.0 Å². The fourth-order valence-corrected chi connectivity index (χ4v) is 5.64. The first kappa shape index (κ1) is 34.7. The van der Waals surface area contributed by atoms with Crippen molar-refractivity contribution in [2.24, 2.45) is 0 Å². The van der Waals surface area contributed by atoms with E-state index in [2.05, 4.69) is 6.92 Å². The van der Waals surface area contributed by atoms with Gasteiger partial charge in [0, 0.05) is 0 Å². The molecule has 0 spiro atoms. The van der Waals surface area contributed by atoms with Gasteiger partial charge in [-0.1, -0.05) is 133 Å². The SMILES string of the molecule is CCCCCCCCCCCCCCCCOc1ccc2c(C(=O)Oc3ccc(C(=O)OCc4ccccc4)cc3)cccc2c1. The van der Waals surface area contributed by atoms with Crippen molar-refractivity contribution in [1.82, 2.24) is 0 Å². The predicted molar refractivity (Wildman–Crippen MR) is 187 cm³/mol. The molecule has 0 fully saturated rings. The minimum Gasteiger partial charge on any atom is -0.494 e. The fraction of sp³-hybridized carbons (Fsp3) is 0.415. The molecule has 0 amide bonds. The maximum Gasteiger partial charge on any atom is 0.344 e. The first-order valence-electron chi connectivity index (χ1n) is 17.3. The third-order valence-electron chi connectivity index (χ3n) is 8.35. The fourth-order valence-electron chi connectivity index (χ4n) is 5.64. The van der Waals surface area contributed by atoms with Crippen LogP contribution in [0.5, 0.6) is 11.5 Å². The topological polar surface area (TPSA) is 61.8 Å². The number of rotatable bonds is 21. The number of benzene rings is 4. The zero-order valence-electron chi connectivity index (χ0n) is 27.5. The molecule has 46 heavy (non-hydrogen) atoms. The summed E-state index contributed by atoms with van der Waals surface area (Å²) in [6.45, 7) is 3.17. The maximum absolute atomic E-state index is 13.1. The number of fused-ring (bicyclic) bond motifs is 1. The molecule has 0 aliphatic carbocycles. The summed E-state index contributed by atoms with van der Waals surface area (Å²) >= 11 is 0. The minimum atomic E-state index is -0.457. The Hall–Kier alpha value is -4.12. The van der Waals surface area contributed by atoms with E-state index >= 15 is 0 Å². The summed E-state index contributed by atoms with van der Waals surface area (Å²) in [5.41, 5.74) is 1.78. The molecule has 0 heterocycles. The van der Waals surface area contributed by atoms with Gasteiger partial charge < -0.3 is 14.2 Å². The number of carbonyl (C=O) groups is 2. The molecule has 0 atom stereocenters. The highest BCUT2D eigenvalue weighted by atomic mass is 16.5. The van der Waals surface area contributed by atoms with Gasteiger partial charge in [-0.3, -0.25) is 0 Å². The molecule has 5 nitrogen and oxygen atoms in total. The van der Waals surface area contributed by atoms with Gasteiger partial charge in [-0.15, -0.1) is 0 Å². The lowest BCUT2D eigenvalue weighted by atomic mass is 10.0. The lowest BCUT2D eigenvalue weighted by Crippen LogP contribution is -2.10. The van der Waals surface area contributed by atoms with Gasteiger partial charge in [-0.2, -0.15) is 0 Å². The highest BCUT2D eigenvalue weighted by Crippen LogP contribution is 2.26. The first-order valence-corrected chi connectivity index (χ1v) is 17.3. The van der Waals surface area contributed by atoms with Crippen LogP contribution in [0, 0.1) is 0 Å². The summed E-state index contributed by atoms with van der Waals surface area (Å²) < 4.78 is 17.1. The van der Waals surface area contributed by atoms with Gasteiger partial charge in [0.25, 0.3) is 0 Å². The van der Waals surface area contributed by atoms with E-state index in [1.54, 1.807) is 30.3 Å². The molecule has 0 N–H and O–H groups in total. The first-order chi connectivity index (χ1) is 22.6. The summed E-state index contributed by atoms with van der Waals surface area (Å²) in [6.07, 6.45) is 18.7. The molecule has 5 heteroatoms. The van der Waals surface area contributed by atoms with Crippen molar-refractivity contribution >= 4 is 22.7 Å². The van der Waals surface area contributed by atoms with E-state index in [0.717, 1.165) is 28.5 Å². The molecule has 4 aromatic rings. The number of carbonyl (C=O) groups excluding carboxylic acids is 2. The summed E-state index contributed by atoms with van der Waals surface area (Å²) in [4.78, 5) is 25.5. The number of hydrogen-bond acceptors (Lipinski definition) is 5. The van der Waals surface area contributed by atoms with Crippen LogP contribution in [-0.4, -0.2) is 18.5 Å². The Bertz CT molecular complexity index is 1460. The third kappa shape index (κ3) is 12.0. The standard InChI is InChI=1S/C41H50O5/c1-2-3-4-5-6-7-8-9-10-11-12-13-14-18-30-44-37-28-29-38-35(31-37)22-19-23-39(38)41(43)46-36-26-24-34(25-27-36)40(42)45-32-33-20-16-15-17-21-33/h15-17,19-29,31H,2-14,18,30,32H2,1H3. The normalized spacial score (nSPS) is 11.0. The Morgan fingerprint density at radius 3 is 1.83 bits per heavy atom. The number of hydrogen-bond donors (Lipinski definition) is 0. The summed E-state index contributed by atoms with van der Waals surface area (Å²) in [7, 11) is 0. The van der Waals surface area contributed by atoms with Crippen molar-refractivity contribution in [3.63, 3.8) is 0 Å². The molecular formula is C41H50O5. The minimum absolute atomic E-state index is 0.198. The summed E-state index contributed by atoms with van der Waals surface area (Å²) in [5.74, 6) is 0.274. The quantitative estimate of drug-likeness (QED) is 0.0525. The zero-order valence-corrected chi connectivity index (χ0v) is 27.5. The smallest absolute Gasteiger partial charge is 0.344 e. The largest absolute Gasteiger partial charge is 0.494 e. The second kappa shape index (κ2) is 20.1. The van der Waals surface area contributed by atoms with Crippen LogP contribution in [0.2, 0.25) is 0 Å². The van der Waals surface area contributed by atoms with Gasteiger partial charge in [0.1, 0.15) is 18.1 Å². The average molecular weight is 623 g/mol. The van der Waals surface area contributed by atoms with Crippen LogP contribution in [0.25, 0.3) is 10.8 Å². The van der Waals surface area contributed by atoms with E-state index < -0.39 is 11.9 Å². The van der Waals surface area contributed by atoms with E-state index in [1.807, 2.05) is 60.7 Å². The predicted octanol–water partition coefficient (Wildman–Crippen LogP) is 11.3. The van der Waals surface area contributed by atoms with Crippen molar-refractivity contribution in [3.05, 3.63) is 108 Å². The van der Waals surface area contributed by atoms with Crippen LogP contribution in [-0.2, 0) is 11.3 Å². The van der Waals surface area contributed by atoms with Gasteiger partial charge in [-0.25, -0.2) is 9.59 Å². The van der Waals surface area contributed by atoms with Crippen LogP contribution in [0.1, 0.15) is 123 Å². The molecule has 0 unspecified atom stereocenters. The van der Waals surface area contributed by atoms with Gasteiger partial charge in [0.05, 0.1) is 17.7 Å². The van der Waals surface area contributed by atoms with Crippen molar-refractivity contribution in [2.75, 3.05) is 6.61 Å². The van der Waals surface area contributed by atoms with E-state index in [-0.39, 0.29) is 6.61 Å². The van der Waals surface area contributed by atoms with Crippen LogP contribution < -0.4 is 9.47 Å². The number of esters is 2. The Morgan fingerprint density at radius 1 is 0.565 bits per heavy atom. The third-order valence-corrected chi connectivity index (χ3v) is 8.35. The molecule has 0 saturated carbocycles. The highest BCUT2D eigenvalue weighted by Gasteiger charge is 2.14. The van der Waals surface area contributed by atoms with Crippen molar-refractivity contribution in [2.45, 2.75) is 103 Å². The van der Waals surface area contributed by atoms with Gasteiger partial charge in [0.15, 0.2) is 0 Å². The second-order valence-corrected chi connectivity index (χ2v) is 12.1. The van der Waals surface area contributed by atoms with Gasteiger partial charge in [-0.05, 0) is 71.3 Å². The second-order valence-electron chi connectivity index (χ2n) is 12.1. The van der Waals surface area contributed by atoms with Crippen molar-refractivity contribution < 1.29 is 23.8 Å². The van der Waals surface area contributed by atoms with E-state index in [9.17, 15) is 9.59 Å². The average Bonchev–Trinajstić information content (AvgIpc) is 3.09. The van der Waals surface area contributed by atoms with E-state index in [1.165, 1.54) is 83.5 Å². The molecule has 0 radical (unpaired) electrons. The molecule has 244 valence electrons. The van der Waals surface area contributed by atoms with Crippen LogP contribution >= 0.6 is 0 Å². The maximum atomic E-state index is 13.1. The highest BCUT2D eigenvalue weighted by molar-refractivity contribution is 6.05. The van der Waals surface area contributed by atoms with E-state index in [4.69, 9.17) is 14.2 Å². The monoisotopic (exact) mass is 622 g/mol. The Balaban J connectivity index is 1.14. The van der Waals surface area contributed by atoms with Crippen molar-refractivity contribution in [3.8, 4) is 11.5 Å². The number of ether oxygens (including phenoxy) is 3. The van der Waals surface area contributed by atoms with Gasteiger partial charge in [0.2, 0.25) is 0 Å². The van der Waals surface area contributed by atoms with Crippen LogP contribution in [0.3, 0.4) is 0 Å². The Labute approximate surface area is 275 Å². The number of unbranched alkanes of at least 4 members (excludes halogenated alkanes) is 13. The summed E-state index contributed by atoms with van der Waals surface area (Å²) in [6, 6.07) is 27.3. The molecule has 0 bridgehead atoms. The van der Waals surface area contributed by atoms with E-state index in [0.29, 0.717) is 23.5 Å². The van der Waals surface area contributed by atoms with Crippen LogP contribution in [0.4, 0.5) is 0 Å². The molecule has 0 saturated heterocycles. The molecule has 4 aromatic carbocycles. The Kier molecular flexibility index (Phi) is 15.2. The molecule has 4 rings (SSSR count). The Morgan fingerprint density at radius 2 is 1.17 bits per heavy atom. The summed E-state index contributed by atoms with van der Waals surface area (Å²) in [5, 5.41) is 1.72. The van der Waals surface area contributed by atoms with Crippen molar-refractivity contribution in [1.29, 1.82) is 0 Å². The molecule has 0 aliphatic rings.